The smallest absolute Gasteiger partial charge is 0.271 e. The minimum absolute atomic E-state index is 0.236. The number of carbonyl (C=O) groups is 1. The zero-order valence-electron chi connectivity index (χ0n) is 12.3. The van der Waals surface area contributed by atoms with Crippen molar-refractivity contribution in [2.24, 2.45) is 0 Å². The molecule has 1 aromatic carbocycles. The summed E-state index contributed by atoms with van der Waals surface area (Å²) in [6.45, 7) is -0.236. The molecule has 5 nitrogen and oxygen atoms in total. The topological polar surface area (TPSA) is 75.4 Å². The van der Waals surface area contributed by atoms with Crippen LogP contribution in [0.1, 0.15) is 32.9 Å². The Hall–Kier alpha value is -2.44. The molecule has 2 heterocycles. The third-order valence-electron chi connectivity index (χ3n) is 3.36. The van der Waals surface area contributed by atoms with Crippen molar-refractivity contribution in [3.8, 4) is 0 Å². The highest BCUT2D eigenvalue weighted by molar-refractivity contribution is 7.09. The van der Waals surface area contributed by atoms with Gasteiger partial charge in [0.2, 0.25) is 0 Å². The summed E-state index contributed by atoms with van der Waals surface area (Å²) in [6.07, 6.45) is 2.20. The normalized spacial score (nSPS) is 12.0. The van der Waals surface area contributed by atoms with E-state index in [1.54, 1.807) is 17.5 Å². The summed E-state index contributed by atoms with van der Waals surface area (Å²) in [5.74, 6) is 0.191. The highest BCUT2D eigenvalue weighted by Crippen LogP contribution is 2.17. The van der Waals surface area contributed by atoms with Gasteiger partial charge in [0.05, 0.1) is 17.9 Å². The molecule has 2 aromatic heterocycles. The van der Waals surface area contributed by atoms with Crippen LogP contribution in [-0.4, -0.2) is 22.6 Å². The largest absolute Gasteiger partial charge is 0.467 e. The van der Waals surface area contributed by atoms with Gasteiger partial charge in [-0.1, -0.05) is 30.3 Å². The predicted molar refractivity (Wildman–Crippen MR) is 87.4 cm³/mol. The molecule has 0 saturated carbocycles. The number of carbonyl (C=O) groups excluding carboxylic acids is 1. The number of hydrogen-bond acceptors (Lipinski definition) is 5. The molecule has 0 spiro atoms. The Morgan fingerprint density at radius 2 is 2.09 bits per heavy atom. The molecule has 118 valence electrons. The van der Waals surface area contributed by atoms with Crippen LogP contribution in [0.25, 0.3) is 0 Å². The number of furan rings is 1. The van der Waals surface area contributed by atoms with Crippen molar-refractivity contribution in [2.45, 2.75) is 12.5 Å². The van der Waals surface area contributed by atoms with Gasteiger partial charge in [-0.15, -0.1) is 11.3 Å². The molecule has 1 amide bonds. The first-order chi connectivity index (χ1) is 11.3. The number of rotatable bonds is 6. The van der Waals surface area contributed by atoms with Gasteiger partial charge in [0.15, 0.2) is 0 Å². The molecule has 3 rings (SSSR count). The number of aliphatic hydroxyl groups is 1. The number of nitrogens with zero attached hydrogens (tertiary/aromatic N) is 1. The minimum atomic E-state index is -0.572. The summed E-state index contributed by atoms with van der Waals surface area (Å²) in [7, 11) is 0. The van der Waals surface area contributed by atoms with Crippen molar-refractivity contribution in [2.75, 3.05) is 6.61 Å². The van der Waals surface area contributed by atoms with Crippen LogP contribution in [0.5, 0.6) is 0 Å². The lowest BCUT2D eigenvalue weighted by Gasteiger charge is -2.12. The van der Waals surface area contributed by atoms with Gasteiger partial charge in [0, 0.05) is 11.8 Å². The Bertz CT molecular complexity index is 753. The lowest BCUT2D eigenvalue weighted by molar-refractivity contribution is 0.0903. The fraction of sp³-hybridized carbons (Fsp3) is 0.176. The van der Waals surface area contributed by atoms with Crippen LogP contribution >= 0.6 is 11.3 Å². The summed E-state index contributed by atoms with van der Waals surface area (Å²) >= 11 is 1.45. The van der Waals surface area contributed by atoms with Gasteiger partial charge >= 0.3 is 0 Å². The SMILES string of the molecule is O=C(NC(CO)c1ccco1)c1csc(Cc2ccccc2)n1. The Balaban J connectivity index is 1.66. The first-order valence-corrected chi connectivity index (χ1v) is 8.07. The number of thiazole rings is 1. The highest BCUT2D eigenvalue weighted by atomic mass is 32.1. The van der Waals surface area contributed by atoms with E-state index < -0.39 is 6.04 Å². The fourth-order valence-electron chi connectivity index (χ4n) is 2.20. The van der Waals surface area contributed by atoms with E-state index in [2.05, 4.69) is 10.3 Å². The molecule has 23 heavy (non-hydrogen) atoms. The molecule has 0 aliphatic heterocycles. The number of benzene rings is 1. The third kappa shape index (κ3) is 3.85. The van der Waals surface area contributed by atoms with Crippen LogP contribution in [0.15, 0.2) is 58.5 Å². The van der Waals surface area contributed by atoms with E-state index in [4.69, 9.17) is 4.42 Å². The first kappa shape index (κ1) is 15.5. The second-order valence-corrected chi connectivity index (χ2v) is 5.96. The maximum Gasteiger partial charge on any atom is 0.271 e. The van der Waals surface area contributed by atoms with E-state index in [0.29, 0.717) is 17.9 Å². The summed E-state index contributed by atoms with van der Waals surface area (Å²) in [5.41, 5.74) is 1.50. The van der Waals surface area contributed by atoms with Crippen molar-refractivity contribution in [1.82, 2.24) is 10.3 Å². The van der Waals surface area contributed by atoms with E-state index in [-0.39, 0.29) is 12.5 Å². The molecule has 1 atom stereocenters. The first-order valence-electron chi connectivity index (χ1n) is 7.19. The van der Waals surface area contributed by atoms with Gasteiger partial charge in [0.1, 0.15) is 17.5 Å². The minimum Gasteiger partial charge on any atom is -0.467 e. The van der Waals surface area contributed by atoms with Crippen LogP contribution in [0.3, 0.4) is 0 Å². The van der Waals surface area contributed by atoms with E-state index in [9.17, 15) is 9.90 Å². The average molecular weight is 328 g/mol. The Morgan fingerprint density at radius 1 is 1.26 bits per heavy atom. The Morgan fingerprint density at radius 3 is 2.78 bits per heavy atom. The number of amides is 1. The van der Waals surface area contributed by atoms with Gasteiger partial charge in [-0.05, 0) is 17.7 Å². The molecule has 0 radical (unpaired) electrons. The maximum atomic E-state index is 12.3. The maximum absolute atomic E-state index is 12.3. The van der Waals surface area contributed by atoms with E-state index in [1.807, 2.05) is 30.3 Å². The van der Waals surface area contributed by atoms with Gasteiger partial charge < -0.3 is 14.8 Å². The second-order valence-electron chi connectivity index (χ2n) is 5.01. The van der Waals surface area contributed by atoms with Crippen LogP contribution in [0.4, 0.5) is 0 Å². The van der Waals surface area contributed by atoms with Crippen LogP contribution < -0.4 is 5.32 Å². The van der Waals surface area contributed by atoms with Crippen molar-refractivity contribution in [3.05, 3.63) is 76.1 Å². The lowest BCUT2D eigenvalue weighted by atomic mass is 10.2. The van der Waals surface area contributed by atoms with Crippen LogP contribution in [-0.2, 0) is 6.42 Å². The molecule has 6 heteroatoms. The van der Waals surface area contributed by atoms with Crippen molar-refractivity contribution in [3.63, 3.8) is 0 Å². The molecule has 3 aromatic rings. The van der Waals surface area contributed by atoms with E-state index in [0.717, 1.165) is 10.6 Å². The molecular formula is C17H16N2O3S. The Kier molecular flexibility index (Phi) is 4.85. The summed E-state index contributed by atoms with van der Waals surface area (Å²) in [6, 6.07) is 12.8. The fourth-order valence-corrected chi connectivity index (χ4v) is 3.00. The number of aromatic nitrogens is 1. The lowest BCUT2D eigenvalue weighted by Crippen LogP contribution is -2.30. The second kappa shape index (κ2) is 7.21. The molecule has 2 N–H and O–H groups in total. The molecular weight excluding hydrogens is 312 g/mol. The number of nitrogens with one attached hydrogen (secondary N) is 1. The zero-order valence-corrected chi connectivity index (χ0v) is 13.1. The van der Waals surface area contributed by atoms with Gasteiger partial charge in [-0.25, -0.2) is 4.98 Å². The van der Waals surface area contributed by atoms with Gasteiger partial charge in [-0.2, -0.15) is 0 Å². The highest BCUT2D eigenvalue weighted by Gasteiger charge is 2.19. The number of aliphatic hydroxyl groups excluding tert-OH is 1. The predicted octanol–water partition coefficient (Wildman–Crippen LogP) is 2.79. The monoisotopic (exact) mass is 328 g/mol. The standard InChI is InChI=1S/C17H16N2O3S/c20-10-13(15-7-4-8-22-15)19-17(21)14-11-23-16(18-14)9-12-5-2-1-3-6-12/h1-8,11,13,20H,9-10H2,(H,19,21). The molecule has 0 saturated heterocycles. The zero-order chi connectivity index (χ0) is 16.1. The third-order valence-corrected chi connectivity index (χ3v) is 4.21. The molecule has 0 bridgehead atoms. The average Bonchev–Trinajstić information content (AvgIpc) is 3.25. The number of hydrogen-bond donors (Lipinski definition) is 2. The van der Waals surface area contributed by atoms with Gasteiger partial charge in [0.25, 0.3) is 5.91 Å². The summed E-state index contributed by atoms with van der Waals surface area (Å²) in [4.78, 5) is 16.6. The van der Waals surface area contributed by atoms with E-state index >= 15 is 0 Å². The van der Waals surface area contributed by atoms with E-state index in [1.165, 1.54) is 17.6 Å². The molecule has 0 aliphatic rings. The molecule has 0 aliphatic carbocycles. The quantitative estimate of drug-likeness (QED) is 0.729. The van der Waals surface area contributed by atoms with Crippen molar-refractivity contribution in [1.29, 1.82) is 0 Å². The Labute approximate surface area is 137 Å². The van der Waals surface area contributed by atoms with Gasteiger partial charge in [-0.3, -0.25) is 4.79 Å². The molecule has 0 fully saturated rings. The summed E-state index contributed by atoms with van der Waals surface area (Å²) < 4.78 is 5.21. The summed E-state index contributed by atoms with van der Waals surface area (Å²) in [5, 5.41) is 14.7. The van der Waals surface area contributed by atoms with Crippen molar-refractivity contribution < 1.29 is 14.3 Å². The van der Waals surface area contributed by atoms with Crippen LogP contribution in [0, 0.1) is 0 Å². The van der Waals surface area contributed by atoms with Crippen molar-refractivity contribution >= 4 is 17.2 Å². The van der Waals surface area contributed by atoms with Crippen LogP contribution in [0.2, 0.25) is 0 Å². The molecule has 1 unspecified atom stereocenters.